The van der Waals surface area contributed by atoms with Crippen molar-refractivity contribution in [1.82, 2.24) is 20.1 Å². The van der Waals surface area contributed by atoms with Crippen LogP contribution in [-0.4, -0.2) is 27.2 Å². The molecule has 0 saturated heterocycles. The maximum absolute atomic E-state index is 12.0. The summed E-state index contributed by atoms with van der Waals surface area (Å²) in [5, 5.41) is 18.6. The molecule has 1 aromatic carbocycles. The molecule has 1 heterocycles. The van der Waals surface area contributed by atoms with Gasteiger partial charge in [0.15, 0.2) is 4.77 Å². The Bertz CT molecular complexity index is 782. The number of aromatic nitrogens is 3. The third-order valence-corrected chi connectivity index (χ3v) is 3.45. The van der Waals surface area contributed by atoms with Crippen LogP contribution < -0.4 is 5.32 Å². The van der Waals surface area contributed by atoms with Crippen molar-refractivity contribution in [2.45, 2.75) is 6.42 Å². The summed E-state index contributed by atoms with van der Waals surface area (Å²) in [6.45, 7) is 0.375. The third-order valence-electron chi connectivity index (χ3n) is 3.08. The van der Waals surface area contributed by atoms with E-state index in [1.807, 2.05) is 36.4 Å². The highest BCUT2D eigenvalue weighted by molar-refractivity contribution is 7.71. The smallest absolute Gasteiger partial charge is 0.261 e. The molecule has 0 aliphatic heterocycles. The summed E-state index contributed by atoms with van der Waals surface area (Å²) in [6, 6.07) is 11.2. The lowest BCUT2D eigenvalue weighted by molar-refractivity contribution is -0.117. The molecular formula is C15H15N5OS. The summed E-state index contributed by atoms with van der Waals surface area (Å²) in [6.07, 6.45) is 2.09. The number of rotatable bonds is 5. The van der Waals surface area contributed by atoms with Crippen LogP contribution in [0.4, 0.5) is 0 Å². The molecule has 0 aliphatic carbocycles. The fourth-order valence-electron chi connectivity index (χ4n) is 1.85. The van der Waals surface area contributed by atoms with Crippen LogP contribution in [0.15, 0.2) is 35.9 Å². The molecule has 0 radical (unpaired) electrons. The van der Waals surface area contributed by atoms with Crippen molar-refractivity contribution in [1.29, 1.82) is 5.26 Å². The summed E-state index contributed by atoms with van der Waals surface area (Å²) >= 11 is 5.01. The zero-order valence-corrected chi connectivity index (χ0v) is 12.9. The second-order valence-electron chi connectivity index (χ2n) is 4.59. The SMILES string of the molecule is Cn1c(CCNC(=O)/C(C#N)=C/c2ccccc2)n[nH]c1=S. The van der Waals surface area contributed by atoms with Crippen molar-refractivity contribution in [3.8, 4) is 6.07 Å². The zero-order chi connectivity index (χ0) is 15.9. The minimum atomic E-state index is -0.400. The summed E-state index contributed by atoms with van der Waals surface area (Å²) in [5.74, 6) is 0.346. The van der Waals surface area contributed by atoms with Crippen LogP contribution in [0.5, 0.6) is 0 Å². The molecule has 2 N–H and O–H groups in total. The van der Waals surface area contributed by atoms with Crippen LogP contribution in [0.25, 0.3) is 6.08 Å². The van der Waals surface area contributed by atoms with Gasteiger partial charge >= 0.3 is 0 Å². The Kier molecular flexibility index (Phi) is 5.22. The minimum Gasteiger partial charge on any atom is -0.351 e. The van der Waals surface area contributed by atoms with E-state index < -0.39 is 5.91 Å². The fourth-order valence-corrected chi connectivity index (χ4v) is 2.00. The second kappa shape index (κ2) is 7.33. The number of carbonyl (C=O) groups is 1. The molecule has 0 fully saturated rings. The predicted molar refractivity (Wildman–Crippen MR) is 85.1 cm³/mol. The number of amides is 1. The predicted octanol–water partition coefficient (Wildman–Crippen LogP) is 1.74. The highest BCUT2D eigenvalue weighted by Gasteiger charge is 2.09. The first-order valence-electron chi connectivity index (χ1n) is 6.67. The molecule has 0 atom stereocenters. The maximum atomic E-state index is 12.0. The van der Waals surface area contributed by atoms with E-state index in [9.17, 15) is 4.79 Å². The van der Waals surface area contributed by atoms with E-state index in [0.29, 0.717) is 17.7 Å². The maximum Gasteiger partial charge on any atom is 0.261 e. The summed E-state index contributed by atoms with van der Waals surface area (Å²) in [4.78, 5) is 12.0. The molecule has 0 spiro atoms. The Morgan fingerprint density at radius 2 is 2.23 bits per heavy atom. The first-order valence-corrected chi connectivity index (χ1v) is 7.08. The Morgan fingerprint density at radius 3 is 2.82 bits per heavy atom. The molecule has 1 amide bonds. The molecule has 0 unspecified atom stereocenters. The molecule has 2 rings (SSSR count). The molecule has 1 aromatic heterocycles. The molecule has 7 heteroatoms. The van der Waals surface area contributed by atoms with Crippen LogP contribution in [0.1, 0.15) is 11.4 Å². The average Bonchev–Trinajstić information content (AvgIpc) is 2.85. The molecule has 112 valence electrons. The number of H-pyrrole nitrogens is 1. The molecule has 22 heavy (non-hydrogen) atoms. The van der Waals surface area contributed by atoms with Gasteiger partial charge in [-0.05, 0) is 23.9 Å². The Balaban J connectivity index is 1.96. The van der Waals surface area contributed by atoms with E-state index in [-0.39, 0.29) is 5.57 Å². The first-order chi connectivity index (χ1) is 10.6. The number of nitrogens with one attached hydrogen (secondary N) is 2. The van der Waals surface area contributed by atoms with Gasteiger partial charge in [-0.15, -0.1) is 0 Å². The van der Waals surface area contributed by atoms with Crippen molar-refractivity contribution < 1.29 is 4.79 Å². The third kappa shape index (κ3) is 3.90. The van der Waals surface area contributed by atoms with Gasteiger partial charge < -0.3 is 9.88 Å². The highest BCUT2D eigenvalue weighted by Crippen LogP contribution is 2.06. The van der Waals surface area contributed by atoms with Crippen molar-refractivity contribution in [3.05, 3.63) is 52.1 Å². The van der Waals surface area contributed by atoms with Gasteiger partial charge in [0.25, 0.3) is 5.91 Å². The quantitative estimate of drug-likeness (QED) is 0.500. The number of benzene rings is 1. The largest absolute Gasteiger partial charge is 0.351 e. The highest BCUT2D eigenvalue weighted by atomic mass is 32.1. The van der Waals surface area contributed by atoms with Gasteiger partial charge in [0.2, 0.25) is 0 Å². The van der Waals surface area contributed by atoms with Gasteiger partial charge in [-0.3, -0.25) is 9.89 Å². The van der Waals surface area contributed by atoms with E-state index in [4.69, 9.17) is 17.5 Å². The van der Waals surface area contributed by atoms with Crippen LogP contribution in [0.3, 0.4) is 0 Å². The van der Waals surface area contributed by atoms with Gasteiger partial charge in [-0.1, -0.05) is 30.3 Å². The molecule has 6 nitrogen and oxygen atoms in total. The number of hydrogen-bond acceptors (Lipinski definition) is 4. The number of nitrogens with zero attached hydrogens (tertiary/aromatic N) is 3. The van der Waals surface area contributed by atoms with Gasteiger partial charge in [-0.25, -0.2) is 0 Å². The van der Waals surface area contributed by atoms with Gasteiger partial charge in [0.05, 0.1) is 0 Å². The molecule has 0 bridgehead atoms. The summed E-state index contributed by atoms with van der Waals surface area (Å²) < 4.78 is 2.27. The van der Waals surface area contributed by atoms with E-state index in [2.05, 4.69) is 15.5 Å². The van der Waals surface area contributed by atoms with Crippen molar-refractivity contribution >= 4 is 24.2 Å². The van der Waals surface area contributed by atoms with Crippen LogP contribution in [-0.2, 0) is 18.3 Å². The standard InChI is InChI=1S/C15H15N5OS/c1-20-13(18-19-15(20)22)7-8-17-14(21)12(10-16)9-11-5-3-2-4-6-11/h2-6,9H,7-8H2,1H3,(H,17,21)(H,19,22)/b12-9+. The first kappa shape index (κ1) is 15.7. The Morgan fingerprint density at radius 1 is 1.50 bits per heavy atom. The molecule has 2 aromatic rings. The lowest BCUT2D eigenvalue weighted by Gasteiger charge is -2.04. The van der Waals surface area contributed by atoms with Crippen molar-refractivity contribution in [3.63, 3.8) is 0 Å². The number of aromatic amines is 1. The van der Waals surface area contributed by atoms with E-state index >= 15 is 0 Å². The molecular weight excluding hydrogens is 298 g/mol. The van der Waals surface area contributed by atoms with E-state index in [1.165, 1.54) is 0 Å². The number of nitriles is 1. The second-order valence-corrected chi connectivity index (χ2v) is 4.98. The Labute approximate surface area is 133 Å². The summed E-state index contributed by atoms with van der Waals surface area (Å²) in [5.41, 5.74) is 0.880. The fraction of sp³-hybridized carbons (Fsp3) is 0.200. The normalized spacial score (nSPS) is 11.0. The number of hydrogen-bond donors (Lipinski definition) is 2. The van der Waals surface area contributed by atoms with E-state index in [1.54, 1.807) is 17.7 Å². The van der Waals surface area contributed by atoms with Crippen LogP contribution in [0, 0.1) is 16.1 Å². The average molecular weight is 313 g/mol. The molecule has 0 aliphatic rings. The summed E-state index contributed by atoms with van der Waals surface area (Å²) in [7, 11) is 1.80. The van der Waals surface area contributed by atoms with Crippen molar-refractivity contribution in [2.24, 2.45) is 7.05 Å². The Hall–Kier alpha value is -2.72. The van der Waals surface area contributed by atoms with Crippen LogP contribution in [0.2, 0.25) is 0 Å². The number of carbonyl (C=O) groups excluding carboxylic acids is 1. The topological polar surface area (TPSA) is 86.5 Å². The van der Waals surface area contributed by atoms with Gasteiger partial charge in [-0.2, -0.15) is 10.4 Å². The van der Waals surface area contributed by atoms with E-state index in [0.717, 1.165) is 11.4 Å². The zero-order valence-electron chi connectivity index (χ0n) is 12.0. The minimum absolute atomic E-state index is 0.0709. The van der Waals surface area contributed by atoms with Gasteiger partial charge in [0, 0.05) is 20.0 Å². The van der Waals surface area contributed by atoms with Crippen LogP contribution >= 0.6 is 12.2 Å². The lowest BCUT2D eigenvalue weighted by Crippen LogP contribution is -2.27. The molecule has 0 saturated carbocycles. The van der Waals surface area contributed by atoms with Gasteiger partial charge in [0.1, 0.15) is 17.5 Å². The van der Waals surface area contributed by atoms with Crippen molar-refractivity contribution in [2.75, 3.05) is 6.54 Å². The monoisotopic (exact) mass is 313 g/mol. The lowest BCUT2D eigenvalue weighted by atomic mass is 10.1.